The lowest BCUT2D eigenvalue weighted by Gasteiger charge is -2.28. The number of hydrogen-bond donors (Lipinski definition) is 2. The first kappa shape index (κ1) is 12.9. The van der Waals surface area contributed by atoms with E-state index >= 15 is 0 Å². The van der Waals surface area contributed by atoms with E-state index in [1.165, 1.54) is 0 Å². The Hall–Kier alpha value is -1.55. The lowest BCUT2D eigenvalue weighted by Crippen LogP contribution is -2.51. The third-order valence-corrected chi connectivity index (χ3v) is 3.24. The van der Waals surface area contributed by atoms with Crippen LogP contribution < -0.4 is 15.8 Å². The molecule has 98 valence electrons. The molecule has 2 rings (SSSR count). The van der Waals surface area contributed by atoms with Crippen LogP contribution in [0, 0.1) is 0 Å². The maximum absolute atomic E-state index is 12.1. The molecule has 1 heterocycles. The zero-order valence-corrected chi connectivity index (χ0v) is 11.1. The van der Waals surface area contributed by atoms with Crippen molar-refractivity contribution in [2.45, 2.75) is 45.2 Å². The SMILES string of the molecule is CCCC1(CCC)NC(=O)N(c2ccccc2)N1. The van der Waals surface area contributed by atoms with Gasteiger partial charge in [0, 0.05) is 0 Å². The molecule has 0 radical (unpaired) electrons. The second kappa shape index (κ2) is 5.40. The molecular formula is C14H21N3O. The summed E-state index contributed by atoms with van der Waals surface area (Å²) in [6.45, 7) is 4.27. The van der Waals surface area contributed by atoms with Gasteiger partial charge in [0.05, 0.1) is 5.69 Å². The predicted molar refractivity (Wildman–Crippen MR) is 73.1 cm³/mol. The lowest BCUT2D eigenvalue weighted by atomic mass is 10.00. The third-order valence-electron chi connectivity index (χ3n) is 3.24. The first-order valence-electron chi connectivity index (χ1n) is 6.66. The fourth-order valence-corrected chi connectivity index (χ4v) is 2.53. The maximum atomic E-state index is 12.1. The number of rotatable bonds is 5. The summed E-state index contributed by atoms with van der Waals surface area (Å²) in [6, 6.07) is 9.61. The zero-order valence-electron chi connectivity index (χ0n) is 11.1. The molecule has 1 aliphatic rings. The fourth-order valence-electron chi connectivity index (χ4n) is 2.53. The van der Waals surface area contributed by atoms with Crippen LogP contribution in [0.25, 0.3) is 0 Å². The standard InChI is InChI=1S/C14H21N3O/c1-3-10-14(11-4-2)15-13(18)17(16-14)12-8-6-5-7-9-12/h5-9,16H,3-4,10-11H2,1-2H3,(H,15,18). The molecule has 0 aromatic heterocycles. The number of carbonyl (C=O) groups is 1. The van der Waals surface area contributed by atoms with Crippen LogP contribution in [0.5, 0.6) is 0 Å². The summed E-state index contributed by atoms with van der Waals surface area (Å²) < 4.78 is 0. The van der Waals surface area contributed by atoms with E-state index in [-0.39, 0.29) is 11.7 Å². The molecule has 0 aliphatic carbocycles. The van der Waals surface area contributed by atoms with Crippen LogP contribution in [0.1, 0.15) is 39.5 Å². The number of hydrazine groups is 1. The van der Waals surface area contributed by atoms with Gasteiger partial charge < -0.3 is 5.32 Å². The van der Waals surface area contributed by atoms with Gasteiger partial charge in [0.2, 0.25) is 0 Å². The molecule has 2 N–H and O–H groups in total. The molecule has 0 unspecified atom stereocenters. The molecule has 0 spiro atoms. The number of nitrogens with zero attached hydrogens (tertiary/aromatic N) is 1. The van der Waals surface area contributed by atoms with E-state index in [1.807, 2.05) is 30.3 Å². The summed E-state index contributed by atoms with van der Waals surface area (Å²) >= 11 is 0. The van der Waals surface area contributed by atoms with Gasteiger partial charge in [-0.05, 0) is 25.0 Å². The highest BCUT2D eigenvalue weighted by Gasteiger charge is 2.41. The van der Waals surface area contributed by atoms with Crippen molar-refractivity contribution in [1.29, 1.82) is 0 Å². The van der Waals surface area contributed by atoms with Crippen molar-refractivity contribution in [2.24, 2.45) is 0 Å². The molecule has 1 aromatic rings. The van der Waals surface area contributed by atoms with Crippen LogP contribution >= 0.6 is 0 Å². The number of hydrogen-bond acceptors (Lipinski definition) is 2. The number of para-hydroxylation sites is 1. The summed E-state index contributed by atoms with van der Waals surface area (Å²) in [6.07, 6.45) is 3.96. The largest absolute Gasteiger partial charge is 0.338 e. The predicted octanol–water partition coefficient (Wildman–Crippen LogP) is 3.02. The van der Waals surface area contributed by atoms with Gasteiger partial charge in [-0.25, -0.2) is 15.2 Å². The number of urea groups is 1. The number of amides is 2. The van der Waals surface area contributed by atoms with E-state index in [0.29, 0.717) is 0 Å². The molecule has 0 saturated carbocycles. The smallest absolute Gasteiger partial charge is 0.317 e. The molecule has 1 aromatic carbocycles. The average Bonchev–Trinajstić information content (AvgIpc) is 2.68. The Labute approximate surface area is 108 Å². The van der Waals surface area contributed by atoms with Crippen molar-refractivity contribution in [3.63, 3.8) is 0 Å². The second-order valence-electron chi connectivity index (χ2n) is 4.80. The molecule has 0 atom stereocenters. The highest BCUT2D eigenvalue weighted by Crippen LogP contribution is 2.25. The summed E-state index contributed by atoms with van der Waals surface area (Å²) in [5.74, 6) is 0. The first-order chi connectivity index (χ1) is 8.71. The van der Waals surface area contributed by atoms with Gasteiger partial charge in [0.15, 0.2) is 0 Å². The lowest BCUT2D eigenvalue weighted by molar-refractivity contribution is 0.240. The Kier molecular flexibility index (Phi) is 3.87. The van der Waals surface area contributed by atoms with Crippen molar-refractivity contribution >= 4 is 11.7 Å². The number of carbonyl (C=O) groups excluding carboxylic acids is 1. The molecule has 2 amide bonds. The van der Waals surface area contributed by atoms with Gasteiger partial charge >= 0.3 is 6.03 Å². The fraction of sp³-hybridized carbons (Fsp3) is 0.500. The molecular weight excluding hydrogens is 226 g/mol. The summed E-state index contributed by atoms with van der Waals surface area (Å²) in [7, 11) is 0. The first-order valence-corrected chi connectivity index (χ1v) is 6.66. The van der Waals surface area contributed by atoms with E-state index in [2.05, 4.69) is 24.6 Å². The zero-order chi connectivity index (χ0) is 13.0. The van der Waals surface area contributed by atoms with Gasteiger partial charge in [-0.2, -0.15) is 0 Å². The van der Waals surface area contributed by atoms with Gasteiger partial charge in [-0.3, -0.25) is 0 Å². The highest BCUT2D eigenvalue weighted by molar-refractivity contribution is 5.93. The van der Waals surface area contributed by atoms with E-state index in [4.69, 9.17) is 0 Å². The summed E-state index contributed by atoms with van der Waals surface area (Å²) in [4.78, 5) is 12.1. The van der Waals surface area contributed by atoms with Crippen LogP contribution in [-0.2, 0) is 0 Å². The third kappa shape index (κ3) is 2.48. The Balaban J connectivity index is 2.19. The van der Waals surface area contributed by atoms with Gasteiger partial charge in [-0.15, -0.1) is 0 Å². The molecule has 4 heteroatoms. The van der Waals surface area contributed by atoms with Crippen molar-refractivity contribution in [1.82, 2.24) is 10.7 Å². The quantitative estimate of drug-likeness (QED) is 0.840. The minimum absolute atomic E-state index is 0.0666. The highest BCUT2D eigenvalue weighted by atomic mass is 16.2. The Bertz CT molecular complexity index is 399. The molecule has 1 saturated heterocycles. The number of anilines is 1. The van der Waals surface area contributed by atoms with Crippen LogP contribution in [0.4, 0.5) is 10.5 Å². The summed E-state index contributed by atoms with van der Waals surface area (Å²) in [5, 5.41) is 4.71. The molecule has 0 bridgehead atoms. The van der Waals surface area contributed by atoms with Gasteiger partial charge in [0.1, 0.15) is 5.66 Å². The van der Waals surface area contributed by atoms with E-state index in [9.17, 15) is 4.79 Å². The Morgan fingerprint density at radius 3 is 2.28 bits per heavy atom. The minimum Gasteiger partial charge on any atom is -0.317 e. The molecule has 1 aliphatic heterocycles. The van der Waals surface area contributed by atoms with Crippen LogP contribution in [-0.4, -0.2) is 11.7 Å². The Morgan fingerprint density at radius 2 is 1.72 bits per heavy atom. The molecule has 4 nitrogen and oxygen atoms in total. The molecule has 1 fully saturated rings. The van der Waals surface area contributed by atoms with Crippen molar-refractivity contribution in [2.75, 3.05) is 5.01 Å². The monoisotopic (exact) mass is 247 g/mol. The van der Waals surface area contributed by atoms with Crippen LogP contribution in [0.2, 0.25) is 0 Å². The van der Waals surface area contributed by atoms with E-state index < -0.39 is 0 Å². The van der Waals surface area contributed by atoms with E-state index in [1.54, 1.807) is 5.01 Å². The van der Waals surface area contributed by atoms with Gasteiger partial charge in [0.25, 0.3) is 0 Å². The van der Waals surface area contributed by atoms with E-state index in [0.717, 1.165) is 31.4 Å². The van der Waals surface area contributed by atoms with Crippen molar-refractivity contribution in [3.8, 4) is 0 Å². The van der Waals surface area contributed by atoms with Crippen LogP contribution in [0.3, 0.4) is 0 Å². The number of benzene rings is 1. The summed E-state index contributed by atoms with van der Waals surface area (Å²) in [5.41, 5.74) is 3.94. The minimum atomic E-state index is -0.281. The van der Waals surface area contributed by atoms with Crippen molar-refractivity contribution < 1.29 is 4.79 Å². The normalized spacial score (nSPS) is 17.9. The topological polar surface area (TPSA) is 44.4 Å². The van der Waals surface area contributed by atoms with Gasteiger partial charge in [-0.1, -0.05) is 44.9 Å². The molecule has 18 heavy (non-hydrogen) atoms. The van der Waals surface area contributed by atoms with Crippen molar-refractivity contribution in [3.05, 3.63) is 30.3 Å². The Morgan fingerprint density at radius 1 is 1.11 bits per heavy atom. The number of nitrogens with one attached hydrogen (secondary N) is 2. The maximum Gasteiger partial charge on any atom is 0.338 e. The van der Waals surface area contributed by atoms with Crippen LogP contribution in [0.15, 0.2) is 30.3 Å². The average molecular weight is 247 g/mol. The second-order valence-corrected chi connectivity index (χ2v) is 4.80.